The highest BCUT2D eigenvalue weighted by Crippen LogP contribution is 2.30. The second-order valence-electron chi connectivity index (χ2n) is 8.24. The van der Waals surface area contributed by atoms with Gasteiger partial charge in [-0.05, 0) is 55.9 Å². The SMILES string of the molecule is O=C(CCC1CCCN(C(=O)CCN2CCCC2=O)C1)Nc1ccc(C(F)(F)F)cc1. The molecule has 9 heteroatoms. The van der Waals surface area contributed by atoms with Crippen LogP contribution in [0.15, 0.2) is 24.3 Å². The van der Waals surface area contributed by atoms with E-state index in [1.54, 1.807) is 4.90 Å². The molecule has 2 aliphatic heterocycles. The summed E-state index contributed by atoms with van der Waals surface area (Å²) in [5.41, 5.74) is -0.429. The smallest absolute Gasteiger partial charge is 0.342 e. The molecular weight excluding hydrogens is 411 g/mol. The van der Waals surface area contributed by atoms with Gasteiger partial charge in [-0.2, -0.15) is 13.2 Å². The van der Waals surface area contributed by atoms with Gasteiger partial charge in [0.2, 0.25) is 17.7 Å². The fourth-order valence-electron chi connectivity index (χ4n) is 4.16. The van der Waals surface area contributed by atoms with Crippen molar-refractivity contribution >= 4 is 23.4 Å². The first-order valence-electron chi connectivity index (χ1n) is 10.7. The van der Waals surface area contributed by atoms with E-state index in [1.165, 1.54) is 12.1 Å². The average Bonchev–Trinajstić information content (AvgIpc) is 3.15. The van der Waals surface area contributed by atoms with Crippen molar-refractivity contribution in [2.45, 2.75) is 51.1 Å². The summed E-state index contributed by atoms with van der Waals surface area (Å²) < 4.78 is 37.8. The van der Waals surface area contributed by atoms with Crippen molar-refractivity contribution in [1.82, 2.24) is 9.80 Å². The van der Waals surface area contributed by atoms with Crippen LogP contribution in [0.4, 0.5) is 18.9 Å². The molecule has 2 aliphatic rings. The Hall–Kier alpha value is -2.58. The highest BCUT2D eigenvalue weighted by Gasteiger charge is 2.30. The minimum absolute atomic E-state index is 0.0404. The van der Waals surface area contributed by atoms with Crippen LogP contribution in [0.2, 0.25) is 0 Å². The lowest BCUT2D eigenvalue weighted by atomic mass is 9.93. The normalized spacial score (nSPS) is 19.6. The Morgan fingerprint density at radius 1 is 1.06 bits per heavy atom. The van der Waals surface area contributed by atoms with Crippen LogP contribution in [0.25, 0.3) is 0 Å². The third-order valence-corrected chi connectivity index (χ3v) is 5.91. The predicted octanol–water partition coefficient (Wildman–Crippen LogP) is 3.68. The Morgan fingerprint density at radius 2 is 1.81 bits per heavy atom. The fraction of sp³-hybridized carbons (Fsp3) is 0.591. The van der Waals surface area contributed by atoms with Crippen LogP contribution < -0.4 is 5.32 Å². The average molecular weight is 439 g/mol. The molecule has 170 valence electrons. The Labute approximate surface area is 179 Å². The van der Waals surface area contributed by atoms with Gasteiger partial charge >= 0.3 is 6.18 Å². The van der Waals surface area contributed by atoms with Crippen molar-refractivity contribution in [3.05, 3.63) is 29.8 Å². The number of amides is 3. The van der Waals surface area contributed by atoms with Gasteiger partial charge in [0.15, 0.2) is 0 Å². The molecule has 31 heavy (non-hydrogen) atoms. The van der Waals surface area contributed by atoms with Crippen LogP contribution in [0.3, 0.4) is 0 Å². The number of carbonyl (C=O) groups excluding carboxylic acids is 3. The van der Waals surface area contributed by atoms with Crippen LogP contribution in [0.1, 0.15) is 50.5 Å². The maximum atomic E-state index is 12.6. The first-order chi connectivity index (χ1) is 14.7. The number of benzene rings is 1. The summed E-state index contributed by atoms with van der Waals surface area (Å²) in [5, 5.41) is 2.63. The molecule has 0 bridgehead atoms. The van der Waals surface area contributed by atoms with E-state index >= 15 is 0 Å². The topological polar surface area (TPSA) is 69.7 Å². The highest BCUT2D eigenvalue weighted by atomic mass is 19.4. The van der Waals surface area contributed by atoms with Crippen molar-refractivity contribution in [3.8, 4) is 0 Å². The van der Waals surface area contributed by atoms with E-state index in [0.717, 1.165) is 37.9 Å². The van der Waals surface area contributed by atoms with Crippen molar-refractivity contribution in [2.24, 2.45) is 5.92 Å². The molecule has 1 atom stereocenters. The molecule has 0 aromatic heterocycles. The van der Waals surface area contributed by atoms with Gasteiger partial charge in [-0.3, -0.25) is 14.4 Å². The molecule has 1 aromatic rings. The zero-order valence-corrected chi connectivity index (χ0v) is 17.4. The zero-order valence-electron chi connectivity index (χ0n) is 17.4. The molecular formula is C22H28F3N3O3. The van der Waals surface area contributed by atoms with E-state index < -0.39 is 11.7 Å². The maximum Gasteiger partial charge on any atom is 0.416 e. The molecule has 2 fully saturated rings. The lowest BCUT2D eigenvalue weighted by Gasteiger charge is -2.33. The van der Waals surface area contributed by atoms with Gasteiger partial charge < -0.3 is 15.1 Å². The van der Waals surface area contributed by atoms with Gasteiger partial charge in [0.25, 0.3) is 0 Å². The lowest BCUT2D eigenvalue weighted by molar-refractivity contribution is -0.137. The number of rotatable bonds is 7. The van der Waals surface area contributed by atoms with Gasteiger partial charge in [-0.15, -0.1) is 0 Å². The lowest BCUT2D eigenvalue weighted by Crippen LogP contribution is -2.41. The first-order valence-corrected chi connectivity index (χ1v) is 10.7. The molecule has 1 unspecified atom stereocenters. The summed E-state index contributed by atoms with van der Waals surface area (Å²) >= 11 is 0. The van der Waals surface area contributed by atoms with Crippen LogP contribution in [0, 0.1) is 5.92 Å². The molecule has 3 rings (SSSR count). The molecule has 1 aromatic carbocycles. The number of anilines is 1. The minimum Gasteiger partial charge on any atom is -0.342 e. The van der Waals surface area contributed by atoms with E-state index in [9.17, 15) is 27.6 Å². The molecule has 2 heterocycles. The molecule has 0 saturated carbocycles. The van der Waals surface area contributed by atoms with E-state index in [-0.39, 0.29) is 30.1 Å². The van der Waals surface area contributed by atoms with Crippen molar-refractivity contribution in [3.63, 3.8) is 0 Å². The largest absolute Gasteiger partial charge is 0.416 e. The molecule has 0 aliphatic carbocycles. The molecule has 1 N–H and O–H groups in total. The number of carbonyl (C=O) groups is 3. The monoisotopic (exact) mass is 439 g/mol. The van der Waals surface area contributed by atoms with Gasteiger partial charge in [-0.1, -0.05) is 0 Å². The highest BCUT2D eigenvalue weighted by molar-refractivity contribution is 5.90. The molecule has 6 nitrogen and oxygen atoms in total. The number of hydrogen-bond donors (Lipinski definition) is 1. The van der Waals surface area contributed by atoms with E-state index in [1.807, 2.05) is 4.90 Å². The third-order valence-electron chi connectivity index (χ3n) is 5.91. The standard InChI is InChI=1S/C22H28F3N3O3/c23-22(24,25)17-6-8-18(9-7-17)26-19(29)10-5-16-3-1-13-28(15-16)21(31)11-14-27-12-2-4-20(27)30/h6-9,16H,1-5,10-15H2,(H,26,29). The number of nitrogens with zero attached hydrogens (tertiary/aromatic N) is 2. The Bertz CT molecular complexity index is 795. The summed E-state index contributed by atoms with van der Waals surface area (Å²) in [6.45, 7) is 2.48. The third kappa shape index (κ3) is 6.70. The number of alkyl halides is 3. The van der Waals surface area contributed by atoms with Crippen LogP contribution in [-0.2, 0) is 20.6 Å². The zero-order chi connectivity index (χ0) is 22.4. The second kappa shape index (κ2) is 10.2. The number of hydrogen-bond acceptors (Lipinski definition) is 3. The summed E-state index contributed by atoms with van der Waals surface area (Å²) in [7, 11) is 0. The summed E-state index contributed by atoms with van der Waals surface area (Å²) in [5.74, 6) is 0.113. The summed E-state index contributed by atoms with van der Waals surface area (Å²) in [6, 6.07) is 4.37. The van der Waals surface area contributed by atoms with Crippen LogP contribution in [0.5, 0.6) is 0 Å². The molecule has 3 amide bonds. The first kappa shape index (κ1) is 23.1. The van der Waals surface area contributed by atoms with Crippen molar-refractivity contribution in [1.29, 1.82) is 0 Å². The predicted molar refractivity (Wildman–Crippen MR) is 109 cm³/mol. The summed E-state index contributed by atoms with van der Waals surface area (Å²) in [6.07, 6.45) is 0.00392. The van der Waals surface area contributed by atoms with Gasteiger partial charge in [-0.25, -0.2) is 0 Å². The summed E-state index contributed by atoms with van der Waals surface area (Å²) in [4.78, 5) is 39.9. The van der Waals surface area contributed by atoms with E-state index in [4.69, 9.17) is 0 Å². The maximum absolute atomic E-state index is 12.6. The second-order valence-corrected chi connectivity index (χ2v) is 8.24. The van der Waals surface area contributed by atoms with Gasteiger partial charge in [0.05, 0.1) is 5.56 Å². The minimum atomic E-state index is -4.41. The van der Waals surface area contributed by atoms with Gasteiger partial charge in [0, 0.05) is 51.1 Å². The Kier molecular flexibility index (Phi) is 7.56. The van der Waals surface area contributed by atoms with Crippen molar-refractivity contribution in [2.75, 3.05) is 31.5 Å². The van der Waals surface area contributed by atoms with Crippen LogP contribution >= 0.6 is 0 Å². The molecule has 0 spiro atoms. The van der Waals surface area contributed by atoms with Crippen molar-refractivity contribution < 1.29 is 27.6 Å². The number of halogens is 3. The Morgan fingerprint density at radius 3 is 2.45 bits per heavy atom. The number of piperidine rings is 1. The fourth-order valence-corrected chi connectivity index (χ4v) is 4.16. The quantitative estimate of drug-likeness (QED) is 0.705. The van der Waals surface area contributed by atoms with E-state index in [2.05, 4.69) is 5.32 Å². The van der Waals surface area contributed by atoms with E-state index in [0.29, 0.717) is 44.6 Å². The van der Waals surface area contributed by atoms with Gasteiger partial charge in [0.1, 0.15) is 0 Å². The Balaban J connectivity index is 1.40. The number of nitrogens with one attached hydrogen (secondary N) is 1. The van der Waals surface area contributed by atoms with Crippen LogP contribution in [-0.4, -0.2) is 53.7 Å². The molecule has 2 saturated heterocycles. The number of likely N-dealkylation sites (tertiary alicyclic amines) is 2. The molecule has 0 radical (unpaired) electrons.